The van der Waals surface area contributed by atoms with Crippen LogP contribution in [0.3, 0.4) is 0 Å². The van der Waals surface area contributed by atoms with Crippen LogP contribution >= 0.6 is 27.5 Å². The zero-order valence-electron chi connectivity index (χ0n) is 20.8. The van der Waals surface area contributed by atoms with Gasteiger partial charge in [0, 0.05) is 22.6 Å². The predicted octanol–water partition coefficient (Wildman–Crippen LogP) is 5.16. The van der Waals surface area contributed by atoms with Gasteiger partial charge in [-0.25, -0.2) is 8.42 Å². The topological polar surface area (TPSA) is 86.8 Å². The molecule has 0 bridgehead atoms. The van der Waals surface area contributed by atoms with Crippen molar-refractivity contribution in [2.24, 2.45) is 0 Å². The molecule has 3 rings (SSSR count). The van der Waals surface area contributed by atoms with Crippen LogP contribution in [0.5, 0.6) is 0 Å². The van der Waals surface area contributed by atoms with Crippen molar-refractivity contribution >= 4 is 55.1 Å². The predicted molar refractivity (Wildman–Crippen MR) is 150 cm³/mol. The standard InChI is InChI=1S/C27H29BrClN3O4S/c1-4-30-27(34)20(3)31(17-21-7-9-22(28)10-8-21)26(33)18-32(24-13-5-19(2)6-14-24)37(35,36)25-15-11-23(29)12-16-25/h5-16,20H,4,17-18H2,1-3H3,(H,30,34)/t20-/m0/s1. The van der Waals surface area contributed by atoms with Gasteiger partial charge in [0.25, 0.3) is 10.0 Å². The van der Waals surface area contributed by atoms with Gasteiger partial charge in [-0.1, -0.05) is 57.4 Å². The number of amides is 2. The van der Waals surface area contributed by atoms with E-state index in [2.05, 4.69) is 21.2 Å². The van der Waals surface area contributed by atoms with Crippen LogP contribution in [-0.4, -0.2) is 44.3 Å². The van der Waals surface area contributed by atoms with Crippen LogP contribution in [0.25, 0.3) is 0 Å². The van der Waals surface area contributed by atoms with Gasteiger partial charge in [0.15, 0.2) is 0 Å². The third-order valence-electron chi connectivity index (χ3n) is 5.79. The number of rotatable bonds is 10. The Morgan fingerprint density at radius 3 is 2.14 bits per heavy atom. The van der Waals surface area contributed by atoms with E-state index in [1.54, 1.807) is 38.1 Å². The lowest BCUT2D eigenvalue weighted by Gasteiger charge is -2.32. The Labute approximate surface area is 231 Å². The molecule has 0 spiro atoms. The van der Waals surface area contributed by atoms with E-state index in [1.165, 1.54) is 29.2 Å². The zero-order valence-corrected chi connectivity index (χ0v) is 24.0. The first kappa shape index (κ1) is 28.7. The van der Waals surface area contributed by atoms with Crippen LogP contribution in [0, 0.1) is 6.92 Å². The summed E-state index contributed by atoms with van der Waals surface area (Å²) in [7, 11) is -4.13. The molecule has 7 nitrogen and oxygen atoms in total. The molecular weight excluding hydrogens is 578 g/mol. The molecule has 0 aromatic heterocycles. The molecule has 0 radical (unpaired) electrons. The lowest BCUT2D eigenvalue weighted by molar-refractivity contribution is -0.139. The number of carbonyl (C=O) groups excluding carboxylic acids is 2. The zero-order chi connectivity index (χ0) is 27.2. The average Bonchev–Trinajstić information content (AvgIpc) is 2.87. The molecule has 0 saturated heterocycles. The minimum absolute atomic E-state index is 0.00140. The highest BCUT2D eigenvalue weighted by Gasteiger charge is 2.32. The van der Waals surface area contributed by atoms with Crippen LogP contribution in [0.15, 0.2) is 82.2 Å². The van der Waals surface area contributed by atoms with E-state index in [9.17, 15) is 18.0 Å². The van der Waals surface area contributed by atoms with Gasteiger partial charge in [0.2, 0.25) is 11.8 Å². The summed E-state index contributed by atoms with van der Waals surface area (Å²) in [4.78, 5) is 27.9. The van der Waals surface area contributed by atoms with E-state index in [1.807, 2.05) is 31.2 Å². The smallest absolute Gasteiger partial charge is 0.264 e. The molecule has 3 aromatic carbocycles. The molecule has 0 fully saturated rings. The van der Waals surface area contributed by atoms with Crippen molar-refractivity contribution in [3.8, 4) is 0 Å². The first-order valence-corrected chi connectivity index (χ1v) is 14.3. The van der Waals surface area contributed by atoms with Crippen LogP contribution in [-0.2, 0) is 26.2 Å². The Morgan fingerprint density at radius 2 is 1.57 bits per heavy atom. The Morgan fingerprint density at radius 1 is 0.973 bits per heavy atom. The minimum atomic E-state index is -4.13. The first-order chi connectivity index (χ1) is 17.5. The molecular formula is C27H29BrClN3O4S. The second kappa shape index (κ2) is 12.6. The Bertz CT molecular complexity index is 1330. The number of carbonyl (C=O) groups is 2. The summed E-state index contributed by atoms with van der Waals surface area (Å²) in [5, 5.41) is 3.14. The summed E-state index contributed by atoms with van der Waals surface area (Å²) < 4.78 is 29.4. The molecule has 196 valence electrons. The van der Waals surface area contributed by atoms with Crippen molar-refractivity contribution in [1.82, 2.24) is 10.2 Å². The maximum Gasteiger partial charge on any atom is 0.264 e. The van der Waals surface area contributed by atoms with Crippen molar-refractivity contribution < 1.29 is 18.0 Å². The number of nitrogens with zero attached hydrogens (tertiary/aromatic N) is 2. The molecule has 0 aliphatic carbocycles. The lowest BCUT2D eigenvalue weighted by atomic mass is 10.1. The number of halogens is 2. The number of anilines is 1. The Balaban J connectivity index is 2.01. The molecule has 2 amide bonds. The third-order valence-corrected chi connectivity index (χ3v) is 8.36. The highest BCUT2D eigenvalue weighted by atomic mass is 79.9. The van der Waals surface area contributed by atoms with Crippen molar-refractivity contribution in [3.63, 3.8) is 0 Å². The molecule has 0 heterocycles. The van der Waals surface area contributed by atoms with E-state index in [-0.39, 0.29) is 17.3 Å². The molecule has 10 heteroatoms. The van der Waals surface area contributed by atoms with Crippen molar-refractivity contribution in [2.75, 3.05) is 17.4 Å². The van der Waals surface area contributed by atoms with Gasteiger partial charge in [-0.15, -0.1) is 0 Å². The fourth-order valence-corrected chi connectivity index (χ4v) is 5.47. The second-order valence-electron chi connectivity index (χ2n) is 8.52. The number of benzene rings is 3. The minimum Gasteiger partial charge on any atom is -0.355 e. The van der Waals surface area contributed by atoms with Crippen LogP contribution < -0.4 is 9.62 Å². The number of hydrogen-bond acceptors (Lipinski definition) is 4. The van der Waals surface area contributed by atoms with Gasteiger partial charge in [-0.3, -0.25) is 13.9 Å². The van der Waals surface area contributed by atoms with Gasteiger partial charge < -0.3 is 10.2 Å². The van der Waals surface area contributed by atoms with Gasteiger partial charge >= 0.3 is 0 Å². The van der Waals surface area contributed by atoms with Gasteiger partial charge in [-0.2, -0.15) is 0 Å². The average molecular weight is 607 g/mol. The Hall–Kier alpha value is -2.88. The highest BCUT2D eigenvalue weighted by Crippen LogP contribution is 2.26. The number of aryl methyl sites for hydroxylation is 1. The van der Waals surface area contributed by atoms with Gasteiger partial charge in [-0.05, 0) is 74.9 Å². The van der Waals surface area contributed by atoms with E-state index in [0.29, 0.717) is 17.3 Å². The summed E-state index contributed by atoms with van der Waals surface area (Å²) >= 11 is 9.37. The molecule has 3 aromatic rings. The fourth-order valence-electron chi connectivity index (χ4n) is 3.66. The summed E-state index contributed by atoms with van der Waals surface area (Å²) in [6.45, 7) is 5.36. The summed E-state index contributed by atoms with van der Waals surface area (Å²) in [5.41, 5.74) is 2.08. The summed E-state index contributed by atoms with van der Waals surface area (Å²) in [6, 6.07) is 19.2. The maximum atomic E-state index is 13.8. The highest BCUT2D eigenvalue weighted by molar-refractivity contribution is 9.10. The molecule has 1 N–H and O–H groups in total. The fraction of sp³-hybridized carbons (Fsp3) is 0.259. The van der Waals surface area contributed by atoms with Crippen molar-refractivity contribution in [2.45, 2.75) is 38.3 Å². The number of sulfonamides is 1. The molecule has 0 unspecified atom stereocenters. The van der Waals surface area contributed by atoms with E-state index in [0.717, 1.165) is 19.9 Å². The van der Waals surface area contributed by atoms with Crippen molar-refractivity contribution in [1.29, 1.82) is 0 Å². The quantitative estimate of drug-likeness (QED) is 0.346. The normalized spacial score (nSPS) is 12.0. The number of hydrogen-bond donors (Lipinski definition) is 1. The summed E-state index contributed by atoms with van der Waals surface area (Å²) in [6.07, 6.45) is 0. The first-order valence-electron chi connectivity index (χ1n) is 11.7. The van der Waals surface area contributed by atoms with Crippen LogP contribution in [0.1, 0.15) is 25.0 Å². The Kier molecular flexibility index (Phi) is 9.75. The largest absolute Gasteiger partial charge is 0.355 e. The third kappa shape index (κ3) is 7.34. The molecule has 37 heavy (non-hydrogen) atoms. The molecule has 1 atom stereocenters. The van der Waals surface area contributed by atoms with E-state index < -0.39 is 28.5 Å². The number of nitrogens with one attached hydrogen (secondary N) is 1. The monoisotopic (exact) mass is 605 g/mol. The molecule has 0 aliphatic heterocycles. The van der Waals surface area contributed by atoms with Gasteiger partial charge in [0.1, 0.15) is 12.6 Å². The molecule has 0 aliphatic rings. The second-order valence-corrected chi connectivity index (χ2v) is 11.7. The van der Waals surface area contributed by atoms with E-state index in [4.69, 9.17) is 11.6 Å². The van der Waals surface area contributed by atoms with Crippen molar-refractivity contribution in [3.05, 3.63) is 93.4 Å². The molecule has 0 saturated carbocycles. The van der Waals surface area contributed by atoms with Crippen LogP contribution in [0.2, 0.25) is 5.02 Å². The van der Waals surface area contributed by atoms with E-state index >= 15 is 0 Å². The maximum absolute atomic E-state index is 13.8. The summed E-state index contributed by atoms with van der Waals surface area (Å²) in [5.74, 6) is -0.838. The SMILES string of the molecule is CCNC(=O)[C@H](C)N(Cc1ccc(Br)cc1)C(=O)CN(c1ccc(C)cc1)S(=O)(=O)c1ccc(Cl)cc1. The number of likely N-dealkylation sites (N-methyl/N-ethyl adjacent to an activating group) is 1. The lowest BCUT2D eigenvalue weighted by Crippen LogP contribution is -2.51. The van der Waals surface area contributed by atoms with Crippen LogP contribution in [0.4, 0.5) is 5.69 Å². The van der Waals surface area contributed by atoms with Gasteiger partial charge in [0.05, 0.1) is 10.6 Å².